The fourth-order valence-electron chi connectivity index (χ4n) is 2.79. The molecule has 0 aliphatic heterocycles. The highest BCUT2D eigenvalue weighted by Gasteiger charge is 2.14. The zero-order valence-corrected chi connectivity index (χ0v) is 13.0. The van der Waals surface area contributed by atoms with Crippen LogP contribution in [0.1, 0.15) is 18.3 Å². The largest absolute Gasteiger partial charge is 0.472 e. The van der Waals surface area contributed by atoms with Gasteiger partial charge in [-0.3, -0.25) is 0 Å². The first kappa shape index (κ1) is 13.8. The summed E-state index contributed by atoms with van der Waals surface area (Å²) in [5, 5.41) is 8.91. The number of rotatable bonds is 4. The summed E-state index contributed by atoms with van der Waals surface area (Å²) in [7, 11) is 0. The van der Waals surface area contributed by atoms with E-state index in [1.807, 2.05) is 37.3 Å². The van der Waals surface area contributed by atoms with Gasteiger partial charge in [0.15, 0.2) is 5.65 Å². The molecule has 0 bridgehead atoms. The number of fused-ring (bicyclic) bond motifs is 3. The van der Waals surface area contributed by atoms with Crippen LogP contribution in [0.3, 0.4) is 0 Å². The van der Waals surface area contributed by atoms with Gasteiger partial charge in [-0.15, -0.1) is 5.10 Å². The fraction of sp³-hybridized carbons (Fsp3) is 0.235. The van der Waals surface area contributed by atoms with E-state index in [-0.39, 0.29) is 6.04 Å². The topological polar surface area (TPSA) is 68.2 Å². The van der Waals surface area contributed by atoms with Crippen LogP contribution in [-0.2, 0) is 6.42 Å². The van der Waals surface area contributed by atoms with Gasteiger partial charge >= 0.3 is 0 Å². The molecule has 4 rings (SSSR count). The smallest absolute Gasteiger partial charge is 0.226 e. The molecule has 1 atom stereocenters. The lowest BCUT2D eigenvalue weighted by Crippen LogP contribution is -2.21. The molecule has 0 fully saturated rings. The number of nitrogens with zero attached hydrogens (tertiary/aromatic N) is 4. The minimum Gasteiger partial charge on any atom is -0.472 e. The summed E-state index contributed by atoms with van der Waals surface area (Å²) in [5.74, 6) is 1.43. The SMILES string of the molecule is Cc1nc2c3ccccc3nc(NC(C)Cc3ccoc3)n2n1. The molecular weight excluding hydrogens is 290 g/mol. The third-order valence-corrected chi connectivity index (χ3v) is 3.78. The lowest BCUT2D eigenvalue weighted by molar-refractivity contribution is 0.562. The normalized spacial score (nSPS) is 12.8. The van der Waals surface area contributed by atoms with Crippen molar-refractivity contribution < 1.29 is 4.42 Å². The van der Waals surface area contributed by atoms with Gasteiger partial charge < -0.3 is 9.73 Å². The molecule has 0 amide bonds. The zero-order valence-electron chi connectivity index (χ0n) is 13.0. The molecule has 0 spiro atoms. The van der Waals surface area contributed by atoms with Gasteiger partial charge in [0.1, 0.15) is 5.82 Å². The first-order valence-corrected chi connectivity index (χ1v) is 7.60. The fourth-order valence-corrected chi connectivity index (χ4v) is 2.79. The van der Waals surface area contributed by atoms with Crippen molar-refractivity contribution in [2.75, 3.05) is 5.32 Å². The van der Waals surface area contributed by atoms with Crippen LogP contribution in [0, 0.1) is 6.92 Å². The van der Waals surface area contributed by atoms with Crippen molar-refractivity contribution >= 4 is 22.5 Å². The summed E-state index contributed by atoms with van der Waals surface area (Å²) in [6.07, 6.45) is 4.30. The first-order valence-electron chi connectivity index (χ1n) is 7.60. The van der Waals surface area contributed by atoms with Crippen LogP contribution in [0.2, 0.25) is 0 Å². The number of aryl methyl sites for hydroxylation is 1. The van der Waals surface area contributed by atoms with Crippen molar-refractivity contribution in [2.45, 2.75) is 26.3 Å². The van der Waals surface area contributed by atoms with Crippen molar-refractivity contribution in [3.63, 3.8) is 0 Å². The minimum atomic E-state index is 0.189. The van der Waals surface area contributed by atoms with Crippen molar-refractivity contribution in [1.82, 2.24) is 19.6 Å². The molecule has 23 heavy (non-hydrogen) atoms. The molecule has 3 heterocycles. The molecule has 116 valence electrons. The number of hydrogen-bond donors (Lipinski definition) is 1. The van der Waals surface area contributed by atoms with Crippen molar-refractivity contribution in [3.05, 3.63) is 54.2 Å². The highest BCUT2D eigenvalue weighted by atomic mass is 16.3. The number of anilines is 1. The van der Waals surface area contributed by atoms with Crippen LogP contribution < -0.4 is 5.32 Å². The standard InChI is InChI=1S/C17H17N5O/c1-11(9-13-7-8-23-10-13)18-17-20-15-6-4-3-5-14(15)16-19-12(2)21-22(16)17/h3-8,10-11H,9H2,1-2H3,(H,18,20). The van der Waals surface area contributed by atoms with E-state index in [4.69, 9.17) is 9.40 Å². The van der Waals surface area contributed by atoms with Crippen LogP contribution in [-0.4, -0.2) is 25.6 Å². The second-order valence-electron chi connectivity index (χ2n) is 5.73. The van der Waals surface area contributed by atoms with E-state index in [0.717, 1.165) is 34.4 Å². The Morgan fingerprint density at radius 2 is 2.09 bits per heavy atom. The van der Waals surface area contributed by atoms with Gasteiger partial charge in [0.25, 0.3) is 0 Å². The minimum absolute atomic E-state index is 0.189. The summed E-state index contributed by atoms with van der Waals surface area (Å²) in [6, 6.07) is 10.1. The summed E-state index contributed by atoms with van der Waals surface area (Å²) in [4.78, 5) is 9.25. The number of furan rings is 1. The van der Waals surface area contributed by atoms with Crippen LogP contribution in [0.15, 0.2) is 47.3 Å². The maximum Gasteiger partial charge on any atom is 0.226 e. The van der Waals surface area contributed by atoms with Crippen molar-refractivity contribution in [3.8, 4) is 0 Å². The van der Waals surface area contributed by atoms with Gasteiger partial charge in [-0.05, 0) is 44.0 Å². The quantitative estimate of drug-likeness (QED) is 0.627. The number of benzene rings is 1. The first-order chi connectivity index (χ1) is 11.2. The molecule has 0 radical (unpaired) electrons. The Labute approximate surface area is 133 Å². The third-order valence-electron chi connectivity index (χ3n) is 3.78. The molecule has 0 saturated heterocycles. The van der Waals surface area contributed by atoms with Crippen LogP contribution in [0.4, 0.5) is 5.95 Å². The molecule has 0 aliphatic carbocycles. The number of aromatic nitrogens is 4. The number of nitrogens with one attached hydrogen (secondary N) is 1. The molecule has 0 saturated carbocycles. The summed E-state index contributed by atoms with van der Waals surface area (Å²) < 4.78 is 6.91. The van der Waals surface area contributed by atoms with E-state index in [0.29, 0.717) is 5.95 Å². The van der Waals surface area contributed by atoms with E-state index in [1.165, 1.54) is 0 Å². The zero-order chi connectivity index (χ0) is 15.8. The Bertz CT molecular complexity index is 958. The van der Waals surface area contributed by atoms with E-state index >= 15 is 0 Å². The summed E-state index contributed by atoms with van der Waals surface area (Å²) in [5.41, 5.74) is 2.88. The van der Waals surface area contributed by atoms with E-state index < -0.39 is 0 Å². The Balaban J connectivity index is 1.75. The molecule has 1 aromatic carbocycles. The predicted molar refractivity (Wildman–Crippen MR) is 88.5 cm³/mol. The Hall–Kier alpha value is -2.89. The average Bonchev–Trinajstić information content (AvgIpc) is 3.16. The van der Waals surface area contributed by atoms with E-state index in [2.05, 4.69) is 22.3 Å². The maximum atomic E-state index is 5.13. The van der Waals surface area contributed by atoms with Gasteiger partial charge in [-0.2, -0.15) is 4.52 Å². The van der Waals surface area contributed by atoms with Gasteiger partial charge in [0.2, 0.25) is 5.95 Å². The van der Waals surface area contributed by atoms with Gasteiger partial charge in [0.05, 0.1) is 18.0 Å². The number of para-hydroxylation sites is 1. The lowest BCUT2D eigenvalue weighted by atomic mass is 10.1. The van der Waals surface area contributed by atoms with Gasteiger partial charge in [0, 0.05) is 11.4 Å². The summed E-state index contributed by atoms with van der Waals surface area (Å²) in [6.45, 7) is 4.00. The van der Waals surface area contributed by atoms with E-state index in [1.54, 1.807) is 17.0 Å². The lowest BCUT2D eigenvalue weighted by Gasteiger charge is -2.14. The van der Waals surface area contributed by atoms with Crippen LogP contribution in [0.5, 0.6) is 0 Å². The van der Waals surface area contributed by atoms with Crippen molar-refractivity contribution in [2.24, 2.45) is 0 Å². The Kier molecular flexibility index (Phi) is 3.22. The molecule has 6 nitrogen and oxygen atoms in total. The average molecular weight is 307 g/mol. The second-order valence-corrected chi connectivity index (χ2v) is 5.73. The maximum absolute atomic E-state index is 5.13. The number of hydrogen-bond acceptors (Lipinski definition) is 5. The predicted octanol–water partition coefficient (Wildman–Crippen LogP) is 3.22. The molecule has 1 N–H and O–H groups in total. The third kappa shape index (κ3) is 2.52. The highest BCUT2D eigenvalue weighted by molar-refractivity contribution is 5.92. The van der Waals surface area contributed by atoms with Crippen LogP contribution >= 0.6 is 0 Å². The Morgan fingerprint density at radius 1 is 1.22 bits per heavy atom. The molecule has 4 aromatic rings. The summed E-state index contributed by atoms with van der Waals surface area (Å²) >= 11 is 0. The second kappa shape index (κ2) is 5.39. The molecule has 6 heteroatoms. The molecule has 3 aromatic heterocycles. The molecule has 1 unspecified atom stereocenters. The van der Waals surface area contributed by atoms with Gasteiger partial charge in [-0.1, -0.05) is 12.1 Å². The van der Waals surface area contributed by atoms with Crippen molar-refractivity contribution in [1.29, 1.82) is 0 Å². The molecular formula is C17H17N5O. The monoisotopic (exact) mass is 307 g/mol. The highest BCUT2D eigenvalue weighted by Crippen LogP contribution is 2.21. The molecule has 0 aliphatic rings. The van der Waals surface area contributed by atoms with E-state index in [9.17, 15) is 0 Å². The van der Waals surface area contributed by atoms with Crippen LogP contribution in [0.25, 0.3) is 16.6 Å². The van der Waals surface area contributed by atoms with Gasteiger partial charge in [-0.25, -0.2) is 9.97 Å². The Morgan fingerprint density at radius 3 is 2.91 bits per heavy atom.